The van der Waals surface area contributed by atoms with E-state index in [2.05, 4.69) is 32.6 Å². The average molecular weight is 241 g/mol. The molecule has 1 saturated carbocycles. The lowest BCUT2D eigenvalue weighted by atomic mass is 9.80. The number of hydrogen-bond acceptors (Lipinski definition) is 0. The fraction of sp³-hybridized carbons (Fsp3) is 0.600. The van der Waals surface area contributed by atoms with Gasteiger partial charge in [-0.15, -0.1) is 0 Å². The molecule has 16 heavy (non-hydrogen) atoms. The van der Waals surface area contributed by atoms with Gasteiger partial charge in [0.1, 0.15) is 0 Å². The molecule has 0 aromatic rings. The van der Waals surface area contributed by atoms with Crippen LogP contribution in [0.3, 0.4) is 0 Å². The Morgan fingerprint density at radius 1 is 1.25 bits per heavy atom. The lowest BCUT2D eigenvalue weighted by Gasteiger charge is -2.25. The Morgan fingerprint density at radius 3 is 2.12 bits per heavy atom. The molecule has 0 spiro atoms. The largest absolute Gasteiger partial charge is 0.0976 e. The lowest BCUT2D eigenvalue weighted by Crippen LogP contribution is -2.13. The molecule has 0 bridgehead atoms. The zero-order valence-corrected chi connectivity index (χ0v) is 11.9. The van der Waals surface area contributed by atoms with Gasteiger partial charge in [-0.2, -0.15) is 0 Å². The van der Waals surface area contributed by atoms with Gasteiger partial charge in [0.2, 0.25) is 0 Å². The number of allylic oxidation sites excluding steroid dienone is 5. The summed E-state index contributed by atoms with van der Waals surface area (Å²) in [6, 6.07) is 0. The molecular weight excluding hydrogens is 216 g/mol. The van der Waals surface area contributed by atoms with Crippen molar-refractivity contribution < 1.29 is 0 Å². The Balaban J connectivity index is 0.00000106. The molecule has 0 aromatic heterocycles. The maximum Gasteiger partial charge on any atom is 0.0402 e. The van der Waals surface area contributed by atoms with Crippen LogP contribution in [0.25, 0.3) is 0 Å². The molecule has 1 aliphatic rings. The van der Waals surface area contributed by atoms with Gasteiger partial charge in [0.05, 0.1) is 0 Å². The van der Waals surface area contributed by atoms with Crippen LogP contribution in [-0.4, -0.2) is 0 Å². The Labute approximate surface area is 106 Å². The van der Waals surface area contributed by atoms with E-state index in [0.717, 1.165) is 5.03 Å². The Kier molecular flexibility index (Phi) is 7.49. The first-order chi connectivity index (χ1) is 7.62. The van der Waals surface area contributed by atoms with Crippen LogP contribution in [0, 0.1) is 5.41 Å². The van der Waals surface area contributed by atoms with Crippen molar-refractivity contribution in [2.75, 3.05) is 0 Å². The summed E-state index contributed by atoms with van der Waals surface area (Å²) in [7, 11) is 0. The molecule has 0 amide bonds. The minimum Gasteiger partial charge on any atom is -0.0976 e. The molecule has 92 valence electrons. The van der Waals surface area contributed by atoms with Crippen LogP contribution < -0.4 is 0 Å². The van der Waals surface area contributed by atoms with Crippen LogP contribution in [0.1, 0.15) is 53.4 Å². The summed E-state index contributed by atoms with van der Waals surface area (Å²) in [5, 5.41) is 0.742. The number of halogens is 1. The molecule has 0 aromatic carbocycles. The second-order valence-corrected chi connectivity index (χ2v) is 4.68. The summed E-state index contributed by atoms with van der Waals surface area (Å²) in [4.78, 5) is 0. The highest BCUT2D eigenvalue weighted by Crippen LogP contribution is 2.44. The van der Waals surface area contributed by atoms with E-state index in [1.807, 2.05) is 13.8 Å². The van der Waals surface area contributed by atoms with Gasteiger partial charge >= 0.3 is 0 Å². The second kappa shape index (κ2) is 7.73. The first kappa shape index (κ1) is 15.5. The molecule has 0 N–H and O–H groups in total. The predicted molar refractivity (Wildman–Crippen MR) is 75.8 cm³/mol. The lowest BCUT2D eigenvalue weighted by molar-refractivity contribution is 0.423. The van der Waals surface area contributed by atoms with Crippen LogP contribution in [0.5, 0.6) is 0 Å². The Bertz CT molecular complexity index is 265. The van der Waals surface area contributed by atoms with Crippen molar-refractivity contribution in [1.29, 1.82) is 0 Å². The van der Waals surface area contributed by atoms with Gasteiger partial charge in [-0.1, -0.05) is 63.9 Å². The van der Waals surface area contributed by atoms with Gasteiger partial charge in [0.15, 0.2) is 0 Å². The van der Waals surface area contributed by atoms with Crippen LogP contribution in [0.15, 0.2) is 35.4 Å². The minimum absolute atomic E-state index is 0.345. The molecule has 1 aliphatic carbocycles. The van der Waals surface area contributed by atoms with Gasteiger partial charge in [0.25, 0.3) is 0 Å². The molecule has 1 heteroatoms. The second-order valence-electron chi connectivity index (χ2n) is 4.25. The van der Waals surface area contributed by atoms with E-state index in [4.69, 9.17) is 11.6 Å². The normalized spacial score (nSPS) is 20.1. The fourth-order valence-corrected chi connectivity index (χ4v) is 2.38. The molecule has 0 atom stereocenters. The third-order valence-corrected chi connectivity index (χ3v) is 3.47. The summed E-state index contributed by atoms with van der Waals surface area (Å²) in [6.45, 7) is 12.1. The summed E-state index contributed by atoms with van der Waals surface area (Å²) < 4.78 is 0. The van der Waals surface area contributed by atoms with Crippen LogP contribution in [0.4, 0.5) is 0 Å². The van der Waals surface area contributed by atoms with Gasteiger partial charge in [-0.05, 0) is 36.8 Å². The molecule has 0 heterocycles. The zero-order valence-electron chi connectivity index (χ0n) is 11.1. The predicted octanol–water partition coefficient (Wildman–Crippen LogP) is 5.85. The van der Waals surface area contributed by atoms with Crippen LogP contribution >= 0.6 is 11.6 Å². The van der Waals surface area contributed by atoms with Crippen molar-refractivity contribution in [3.8, 4) is 0 Å². The highest BCUT2D eigenvalue weighted by atomic mass is 35.5. The summed E-state index contributed by atoms with van der Waals surface area (Å²) >= 11 is 5.98. The highest BCUT2D eigenvalue weighted by Gasteiger charge is 2.30. The first-order valence-electron chi connectivity index (χ1n) is 6.29. The molecule has 0 saturated heterocycles. The highest BCUT2D eigenvalue weighted by molar-refractivity contribution is 6.31. The van der Waals surface area contributed by atoms with Gasteiger partial charge in [-0.25, -0.2) is 0 Å². The molecule has 0 aliphatic heterocycles. The van der Waals surface area contributed by atoms with E-state index >= 15 is 0 Å². The number of rotatable bonds is 3. The van der Waals surface area contributed by atoms with E-state index in [0.29, 0.717) is 5.41 Å². The van der Waals surface area contributed by atoms with E-state index in [9.17, 15) is 0 Å². The summed E-state index contributed by atoms with van der Waals surface area (Å²) in [5.41, 5.74) is 1.71. The molecular formula is C15H25Cl. The van der Waals surface area contributed by atoms with Crippen molar-refractivity contribution in [3.05, 3.63) is 35.4 Å². The molecule has 0 nitrogen and oxygen atoms in total. The fourth-order valence-electron chi connectivity index (χ4n) is 2.26. The monoisotopic (exact) mass is 240 g/mol. The van der Waals surface area contributed by atoms with Gasteiger partial charge in [0, 0.05) is 5.03 Å². The van der Waals surface area contributed by atoms with E-state index < -0.39 is 0 Å². The smallest absolute Gasteiger partial charge is 0.0402 e. The Hall–Kier alpha value is -0.490. The van der Waals surface area contributed by atoms with Crippen molar-refractivity contribution >= 4 is 11.6 Å². The molecule has 0 radical (unpaired) electrons. The SMILES string of the molecule is C=C/C(Cl)=C\C(=C/C)C1(C)CCCC1.CC. The maximum absolute atomic E-state index is 5.98. The molecule has 1 fully saturated rings. The van der Waals surface area contributed by atoms with Crippen molar-refractivity contribution in [2.45, 2.75) is 53.4 Å². The number of hydrogen-bond donors (Lipinski definition) is 0. The third-order valence-electron chi connectivity index (χ3n) is 3.20. The van der Waals surface area contributed by atoms with Crippen molar-refractivity contribution in [3.63, 3.8) is 0 Å². The van der Waals surface area contributed by atoms with E-state index in [1.165, 1.54) is 31.3 Å². The topological polar surface area (TPSA) is 0 Å². The van der Waals surface area contributed by atoms with E-state index in [-0.39, 0.29) is 0 Å². The van der Waals surface area contributed by atoms with Crippen LogP contribution in [0.2, 0.25) is 0 Å². The summed E-state index contributed by atoms with van der Waals surface area (Å²) in [5.74, 6) is 0. The minimum atomic E-state index is 0.345. The third kappa shape index (κ3) is 4.17. The molecule has 1 rings (SSSR count). The Morgan fingerprint density at radius 2 is 1.75 bits per heavy atom. The average Bonchev–Trinajstić information content (AvgIpc) is 2.76. The van der Waals surface area contributed by atoms with Crippen molar-refractivity contribution in [2.24, 2.45) is 5.41 Å². The zero-order chi connectivity index (χ0) is 12.6. The van der Waals surface area contributed by atoms with Crippen molar-refractivity contribution in [1.82, 2.24) is 0 Å². The molecule has 0 unspecified atom stereocenters. The summed E-state index contributed by atoms with van der Waals surface area (Å²) in [6.07, 6.45) is 11.2. The van der Waals surface area contributed by atoms with Gasteiger partial charge < -0.3 is 0 Å². The maximum atomic E-state index is 5.98. The quantitative estimate of drug-likeness (QED) is 0.543. The van der Waals surface area contributed by atoms with E-state index in [1.54, 1.807) is 6.08 Å². The first-order valence-corrected chi connectivity index (χ1v) is 6.66. The standard InChI is InChI=1S/C13H19Cl.C2H6/c1-4-11(10-12(14)5-2)13(3)8-6-7-9-13;1-2/h4-5,10H,2,6-9H2,1,3H3;1-2H3/b11-4+,12-10+;. The van der Waals surface area contributed by atoms with Crippen LogP contribution in [-0.2, 0) is 0 Å². The van der Waals surface area contributed by atoms with Gasteiger partial charge in [-0.3, -0.25) is 0 Å².